The number of nitrogens with zero attached hydrogens (tertiary/aromatic N) is 3. The lowest BCUT2D eigenvalue weighted by Gasteiger charge is -2.28. The normalized spacial score (nSPS) is 15.9. The van der Waals surface area contributed by atoms with Gasteiger partial charge in [-0.15, -0.1) is 0 Å². The maximum atomic E-state index is 13.3. The molecule has 2 aliphatic rings. The maximum Gasteiger partial charge on any atom is 0.338 e. The molecule has 206 valence electrons. The molecule has 9 heteroatoms. The highest BCUT2D eigenvalue weighted by atomic mass is 32.2. The van der Waals surface area contributed by atoms with Gasteiger partial charge >= 0.3 is 5.97 Å². The van der Waals surface area contributed by atoms with Crippen molar-refractivity contribution in [2.24, 2.45) is 5.73 Å². The van der Waals surface area contributed by atoms with E-state index >= 15 is 0 Å². The van der Waals surface area contributed by atoms with Crippen molar-refractivity contribution in [2.45, 2.75) is 43.7 Å². The Morgan fingerprint density at radius 3 is 2.61 bits per heavy atom. The van der Waals surface area contributed by atoms with E-state index in [1.165, 1.54) is 11.8 Å². The molecule has 1 aliphatic carbocycles. The second kappa shape index (κ2) is 12.6. The monoisotopic (exact) mass is 564 g/mol. The average molecular weight is 565 g/mol. The molecule has 3 aromatic rings. The molecular weight excluding hydrogens is 536 g/mol. The van der Waals surface area contributed by atoms with Gasteiger partial charge in [0.2, 0.25) is 5.88 Å². The van der Waals surface area contributed by atoms with Gasteiger partial charge < -0.3 is 19.9 Å². The van der Waals surface area contributed by atoms with Crippen LogP contribution in [0.5, 0.6) is 5.75 Å². The Hall–Kier alpha value is -4.73. The van der Waals surface area contributed by atoms with Gasteiger partial charge in [0.1, 0.15) is 40.9 Å². The number of aromatic nitrogens is 1. The van der Waals surface area contributed by atoms with Crippen molar-refractivity contribution in [1.29, 1.82) is 10.5 Å². The Bertz CT molecular complexity index is 1600. The number of hydrogen-bond donors (Lipinski definition) is 1. The number of esters is 1. The standard InChI is InChI=1S/C32H28N4O4S/c1-2-38-32(37)29-27(19-41-31-23(16-33)15-22-9-6-10-26(22)36-31)40-30(35)25(17-34)28(29)21-11-13-24(14-12-21)39-18-20-7-4-3-5-8-20/h3-5,7-8,11-15,28H,2,6,9-10,18-19,35H2,1H3. The summed E-state index contributed by atoms with van der Waals surface area (Å²) < 4.78 is 17.2. The molecule has 5 rings (SSSR count). The molecule has 2 heterocycles. The number of thioether (sulfide) groups is 1. The highest BCUT2D eigenvalue weighted by Crippen LogP contribution is 2.42. The molecule has 1 aliphatic heterocycles. The number of rotatable bonds is 9. The van der Waals surface area contributed by atoms with Gasteiger partial charge in [-0.05, 0) is 61.1 Å². The number of ether oxygens (including phenoxy) is 3. The van der Waals surface area contributed by atoms with Crippen LogP contribution in [0.2, 0.25) is 0 Å². The topological polar surface area (TPSA) is 131 Å². The zero-order valence-corrected chi connectivity index (χ0v) is 23.4. The van der Waals surface area contributed by atoms with Crippen LogP contribution in [0.4, 0.5) is 0 Å². The number of aryl methyl sites for hydroxylation is 2. The Morgan fingerprint density at radius 1 is 1.12 bits per heavy atom. The number of carbonyl (C=O) groups excluding carboxylic acids is 1. The second-order valence-electron chi connectivity index (χ2n) is 9.53. The first-order valence-electron chi connectivity index (χ1n) is 13.3. The third-order valence-corrected chi connectivity index (χ3v) is 7.92. The van der Waals surface area contributed by atoms with Crippen LogP contribution in [0.15, 0.2) is 88.5 Å². The molecule has 41 heavy (non-hydrogen) atoms. The van der Waals surface area contributed by atoms with Crippen molar-refractivity contribution in [3.63, 3.8) is 0 Å². The number of carbonyl (C=O) groups is 1. The summed E-state index contributed by atoms with van der Waals surface area (Å²) in [5, 5.41) is 20.3. The van der Waals surface area contributed by atoms with Crippen molar-refractivity contribution in [1.82, 2.24) is 4.98 Å². The van der Waals surface area contributed by atoms with E-state index in [1.54, 1.807) is 31.2 Å². The molecule has 0 spiro atoms. The van der Waals surface area contributed by atoms with Gasteiger partial charge in [-0.25, -0.2) is 9.78 Å². The third-order valence-electron chi connectivity index (χ3n) is 6.93. The Kier molecular flexibility index (Phi) is 8.57. The molecule has 0 radical (unpaired) electrons. The van der Waals surface area contributed by atoms with E-state index in [0.29, 0.717) is 28.5 Å². The quantitative estimate of drug-likeness (QED) is 0.267. The van der Waals surface area contributed by atoms with Crippen LogP contribution < -0.4 is 10.5 Å². The third kappa shape index (κ3) is 6.06. The molecule has 1 unspecified atom stereocenters. The van der Waals surface area contributed by atoms with E-state index in [9.17, 15) is 15.3 Å². The summed E-state index contributed by atoms with van der Waals surface area (Å²) in [6.07, 6.45) is 2.80. The van der Waals surface area contributed by atoms with Crippen LogP contribution in [0.3, 0.4) is 0 Å². The van der Waals surface area contributed by atoms with Crippen molar-refractivity contribution < 1.29 is 19.0 Å². The maximum absolute atomic E-state index is 13.3. The number of allylic oxidation sites excluding steroid dienone is 1. The average Bonchev–Trinajstić information content (AvgIpc) is 3.46. The van der Waals surface area contributed by atoms with Gasteiger partial charge in [0, 0.05) is 5.69 Å². The number of pyridine rings is 1. The fourth-order valence-electron chi connectivity index (χ4n) is 4.97. The minimum atomic E-state index is -0.796. The van der Waals surface area contributed by atoms with E-state index in [-0.39, 0.29) is 35.1 Å². The first kappa shape index (κ1) is 27.8. The zero-order chi connectivity index (χ0) is 28.8. The molecule has 2 aromatic carbocycles. The summed E-state index contributed by atoms with van der Waals surface area (Å²) in [5.41, 5.74) is 10.8. The Morgan fingerprint density at radius 2 is 1.90 bits per heavy atom. The van der Waals surface area contributed by atoms with E-state index in [1.807, 2.05) is 36.4 Å². The molecule has 0 saturated heterocycles. The number of nitrogens with two attached hydrogens (primary N) is 1. The molecule has 0 bridgehead atoms. The predicted octanol–water partition coefficient (Wildman–Crippen LogP) is 5.44. The lowest BCUT2D eigenvalue weighted by atomic mass is 9.83. The van der Waals surface area contributed by atoms with Crippen LogP contribution >= 0.6 is 11.8 Å². The predicted molar refractivity (Wildman–Crippen MR) is 153 cm³/mol. The summed E-state index contributed by atoms with van der Waals surface area (Å²) in [4.78, 5) is 18.1. The molecule has 1 atom stereocenters. The minimum Gasteiger partial charge on any atom is -0.489 e. The number of benzene rings is 2. The lowest BCUT2D eigenvalue weighted by Crippen LogP contribution is -2.27. The summed E-state index contributed by atoms with van der Waals surface area (Å²) in [6, 6.07) is 23.3. The summed E-state index contributed by atoms with van der Waals surface area (Å²) in [5.74, 6) is -0.388. The second-order valence-corrected chi connectivity index (χ2v) is 10.5. The Labute approximate surface area is 243 Å². The molecular formula is C32H28N4O4S. The molecule has 0 amide bonds. The van der Waals surface area contributed by atoms with Crippen LogP contribution in [0.1, 0.15) is 47.2 Å². The van der Waals surface area contributed by atoms with Gasteiger partial charge in [-0.2, -0.15) is 10.5 Å². The number of fused-ring (bicyclic) bond motifs is 1. The van der Waals surface area contributed by atoms with Gasteiger partial charge in [0.05, 0.1) is 29.4 Å². The molecule has 1 aromatic heterocycles. The zero-order valence-electron chi connectivity index (χ0n) is 22.6. The van der Waals surface area contributed by atoms with Crippen molar-refractivity contribution >= 4 is 17.7 Å². The van der Waals surface area contributed by atoms with Crippen molar-refractivity contribution in [3.8, 4) is 17.9 Å². The molecule has 8 nitrogen and oxygen atoms in total. The highest BCUT2D eigenvalue weighted by Gasteiger charge is 2.37. The van der Waals surface area contributed by atoms with Crippen LogP contribution in [0.25, 0.3) is 0 Å². The summed E-state index contributed by atoms with van der Waals surface area (Å²) >= 11 is 1.29. The smallest absolute Gasteiger partial charge is 0.338 e. The van der Waals surface area contributed by atoms with E-state index in [0.717, 1.165) is 36.1 Å². The largest absolute Gasteiger partial charge is 0.489 e. The molecule has 2 N–H and O–H groups in total. The van der Waals surface area contributed by atoms with Crippen LogP contribution in [-0.2, 0) is 33.7 Å². The van der Waals surface area contributed by atoms with Crippen LogP contribution in [0, 0.1) is 22.7 Å². The fraction of sp³-hybridized carbons (Fsp3) is 0.250. The van der Waals surface area contributed by atoms with Gasteiger partial charge in [-0.3, -0.25) is 0 Å². The Balaban J connectivity index is 1.46. The van der Waals surface area contributed by atoms with E-state index in [4.69, 9.17) is 24.9 Å². The summed E-state index contributed by atoms with van der Waals surface area (Å²) in [7, 11) is 0. The molecule has 0 fully saturated rings. The number of nitriles is 2. The van der Waals surface area contributed by atoms with Gasteiger partial charge in [-0.1, -0.05) is 54.2 Å². The lowest BCUT2D eigenvalue weighted by molar-refractivity contribution is -0.139. The fourth-order valence-corrected chi connectivity index (χ4v) is 5.88. The van der Waals surface area contributed by atoms with Crippen molar-refractivity contribution in [3.05, 3.63) is 111 Å². The SMILES string of the molecule is CCOC(=O)C1=C(CSc2nc3c(cc2C#N)CCC3)OC(N)=C(C#N)C1c1ccc(OCc2ccccc2)cc1. The first-order valence-corrected chi connectivity index (χ1v) is 14.3. The van der Waals surface area contributed by atoms with Gasteiger partial charge in [0.25, 0.3) is 0 Å². The van der Waals surface area contributed by atoms with E-state index in [2.05, 4.69) is 12.1 Å². The minimum absolute atomic E-state index is 0.0760. The highest BCUT2D eigenvalue weighted by molar-refractivity contribution is 7.99. The van der Waals surface area contributed by atoms with E-state index < -0.39 is 11.9 Å². The number of hydrogen-bond acceptors (Lipinski definition) is 9. The molecule has 0 saturated carbocycles. The van der Waals surface area contributed by atoms with Gasteiger partial charge in [0.15, 0.2) is 0 Å². The van der Waals surface area contributed by atoms with Crippen molar-refractivity contribution in [2.75, 3.05) is 12.4 Å². The van der Waals surface area contributed by atoms with Crippen LogP contribution in [-0.4, -0.2) is 23.3 Å². The summed E-state index contributed by atoms with van der Waals surface area (Å²) in [6.45, 7) is 2.27. The first-order chi connectivity index (χ1) is 20.0.